The minimum atomic E-state index is -1.19. The maximum atomic E-state index is 15.0. The van der Waals surface area contributed by atoms with Gasteiger partial charge < -0.3 is 20.0 Å². The molecule has 184 valence electrons. The fourth-order valence-corrected chi connectivity index (χ4v) is 5.02. The van der Waals surface area contributed by atoms with Crippen molar-refractivity contribution in [2.75, 3.05) is 6.54 Å². The number of carbonyl (C=O) groups excluding carboxylic acids is 3. The van der Waals surface area contributed by atoms with E-state index in [1.807, 2.05) is 17.5 Å². The third-order valence-electron chi connectivity index (χ3n) is 6.08. The van der Waals surface area contributed by atoms with E-state index in [0.717, 1.165) is 37.0 Å². The van der Waals surface area contributed by atoms with Gasteiger partial charge in [0.25, 0.3) is 5.91 Å². The fourth-order valence-electron chi connectivity index (χ4n) is 4.32. The number of benzene rings is 1. The van der Waals surface area contributed by atoms with Crippen molar-refractivity contribution in [3.63, 3.8) is 0 Å². The summed E-state index contributed by atoms with van der Waals surface area (Å²) in [4.78, 5) is 41.5. The van der Waals surface area contributed by atoms with E-state index in [-0.39, 0.29) is 30.5 Å². The molecule has 1 aliphatic rings. The standard InChI is InChI=1S/C26H28FN3O4S/c27-21-12-5-4-11-20(21)24(26(33)29-18-8-2-1-3-9-18)30(17-19-10-7-15-35-19)23(31)16-28-25(32)22-13-6-14-34-22/h4-7,10-15,18,24H,1-3,8-9,16-17H2,(H,28,32)(H,29,33)/t24-/m1/s1. The van der Waals surface area contributed by atoms with Gasteiger partial charge >= 0.3 is 0 Å². The van der Waals surface area contributed by atoms with Crippen LogP contribution in [0, 0.1) is 5.82 Å². The molecule has 0 aliphatic heterocycles. The number of furan rings is 1. The Morgan fingerprint density at radius 3 is 2.54 bits per heavy atom. The first-order chi connectivity index (χ1) is 17.0. The van der Waals surface area contributed by atoms with Crippen LogP contribution in [0.5, 0.6) is 0 Å². The third kappa shape index (κ3) is 6.36. The Morgan fingerprint density at radius 2 is 1.86 bits per heavy atom. The molecule has 1 aliphatic carbocycles. The summed E-state index contributed by atoms with van der Waals surface area (Å²) in [6, 6.07) is 11.6. The molecular formula is C26H28FN3O4S. The first kappa shape index (κ1) is 24.7. The highest BCUT2D eigenvalue weighted by Crippen LogP contribution is 2.28. The quantitative estimate of drug-likeness (QED) is 0.458. The second kappa shape index (κ2) is 11.8. The van der Waals surface area contributed by atoms with Crippen molar-refractivity contribution >= 4 is 29.1 Å². The highest BCUT2D eigenvalue weighted by molar-refractivity contribution is 7.09. The van der Waals surface area contributed by atoms with E-state index in [9.17, 15) is 18.8 Å². The predicted molar refractivity (Wildman–Crippen MR) is 130 cm³/mol. The van der Waals surface area contributed by atoms with Gasteiger partial charge in [-0.1, -0.05) is 43.5 Å². The van der Waals surface area contributed by atoms with Crippen molar-refractivity contribution in [1.29, 1.82) is 0 Å². The van der Waals surface area contributed by atoms with Crippen molar-refractivity contribution in [3.05, 3.63) is 82.2 Å². The van der Waals surface area contributed by atoms with Gasteiger partial charge in [0.15, 0.2) is 5.76 Å². The van der Waals surface area contributed by atoms with Gasteiger partial charge in [-0.05, 0) is 42.5 Å². The summed E-state index contributed by atoms with van der Waals surface area (Å²) in [5.41, 5.74) is 0.114. The van der Waals surface area contributed by atoms with E-state index in [2.05, 4.69) is 10.6 Å². The van der Waals surface area contributed by atoms with Gasteiger partial charge in [0, 0.05) is 16.5 Å². The number of nitrogens with one attached hydrogen (secondary N) is 2. The molecule has 1 atom stereocenters. The number of thiophene rings is 1. The van der Waals surface area contributed by atoms with E-state index in [4.69, 9.17) is 4.42 Å². The molecule has 0 radical (unpaired) electrons. The number of halogens is 1. The average molecular weight is 498 g/mol. The van der Waals surface area contributed by atoms with Crippen LogP contribution >= 0.6 is 11.3 Å². The molecule has 3 amide bonds. The predicted octanol–water partition coefficient (Wildman–Crippen LogP) is 4.43. The summed E-state index contributed by atoms with van der Waals surface area (Å²) in [6.07, 6.45) is 6.24. The van der Waals surface area contributed by atoms with Crippen molar-refractivity contribution in [2.45, 2.75) is 50.7 Å². The molecule has 0 bridgehead atoms. The van der Waals surface area contributed by atoms with E-state index in [1.165, 1.54) is 40.7 Å². The number of hydrogen-bond acceptors (Lipinski definition) is 5. The van der Waals surface area contributed by atoms with E-state index < -0.39 is 29.6 Å². The fraction of sp³-hybridized carbons (Fsp3) is 0.346. The van der Waals surface area contributed by atoms with Crippen molar-refractivity contribution in [1.82, 2.24) is 15.5 Å². The first-order valence-corrected chi connectivity index (χ1v) is 12.6. The zero-order chi connectivity index (χ0) is 24.6. The Morgan fingerprint density at radius 1 is 1.06 bits per heavy atom. The van der Waals surface area contributed by atoms with Crippen LogP contribution in [0.1, 0.15) is 59.1 Å². The lowest BCUT2D eigenvalue weighted by Crippen LogP contribution is -2.49. The smallest absolute Gasteiger partial charge is 0.287 e. The Hall–Kier alpha value is -3.46. The van der Waals surface area contributed by atoms with E-state index >= 15 is 0 Å². The maximum absolute atomic E-state index is 15.0. The number of hydrogen-bond donors (Lipinski definition) is 2. The van der Waals surface area contributed by atoms with Gasteiger partial charge in [-0.3, -0.25) is 14.4 Å². The van der Waals surface area contributed by atoms with Crippen LogP contribution in [-0.2, 0) is 16.1 Å². The molecule has 2 heterocycles. The summed E-state index contributed by atoms with van der Waals surface area (Å²) < 4.78 is 20.1. The lowest BCUT2D eigenvalue weighted by Gasteiger charge is -2.33. The number of rotatable bonds is 9. The first-order valence-electron chi connectivity index (χ1n) is 11.7. The molecule has 9 heteroatoms. The highest BCUT2D eigenvalue weighted by atomic mass is 32.1. The van der Waals surface area contributed by atoms with Crippen LogP contribution in [-0.4, -0.2) is 35.2 Å². The van der Waals surface area contributed by atoms with Crippen LogP contribution in [0.25, 0.3) is 0 Å². The van der Waals surface area contributed by atoms with Gasteiger partial charge in [-0.15, -0.1) is 11.3 Å². The molecule has 0 unspecified atom stereocenters. The van der Waals surface area contributed by atoms with Crippen LogP contribution in [0.4, 0.5) is 4.39 Å². The minimum absolute atomic E-state index is 0.0112. The molecule has 1 aromatic carbocycles. The normalized spacial score (nSPS) is 14.8. The summed E-state index contributed by atoms with van der Waals surface area (Å²) in [5, 5.41) is 7.46. The van der Waals surface area contributed by atoms with Crippen molar-refractivity contribution < 1.29 is 23.2 Å². The molecular weight excluding hydrogens is 469 g/mol. The Labute approximate surface area is 207 Å². The van der Waals surface area contributed by atoms with E-state index in [0.29, 0.717) is 0 Å². The largest absolute Gasteiger partial charge is 0.459 e. The molecule has 2 N–H and O–H groups in total. The lowest BCUT2D eigenvalue weighted by atomic mass is 9.94. The second-order valence-electron chi connectivity index (χ2n) is 8.53. The molecule has 3 aromatic rings. The van der Waals surface area contributed by atoms with Crippen molar-refractivity contribution in [2.24, 2.45) is 0 Å². The Bertz CT molecular complexity index is 1130. The van der Waals surface area contributed by atoms with Crippen LogP contribution < -0.4 is 10.6 Å². The monoisotopic (exact) mass is 497 g/mol. The molecule has 4 rings (SSSR count). The molecule has 2 aromatic heterocycles. The summed E-state index contributed by atoms with van der Waals surface area (Å²) in [7, 11) is 0. The van der Waals surface area contributed by atoms with Gasteiger partial charge in [0.1, 0.15) is 11.9 Å². The number of amides is 3. The van der Waals surface area contributed by atoms with Gasteiger partial charge in [0.2, 0.25) is 11.8 Å². The minimum Gasteiger partial charge on any atom is -0.459 e. The lowest BCUT2D eigenvalue weighted by molar-refractivity contribution is -0.141. The maximum Gasteiger partial charge on any atom is 0.287 e. The molecule has 1 saturated carbocycles. The van der Waals surface area contributed by atoms with Gasteiger partial charge in [-0.2, -0.15) is 0 Å². The SMILES string of the molecule is O=C(NCC(=O)N(Cc1cccs1)[C@@H](C(=O)NC1CCCCC1)c1ccccc1F)c1ccco1. The third-order valence-corrected chi connectivity index (χ3v) is 6.94. The van der Waals surface area contributed by atoms with Crippen LogP contribution in [0.2, 0.25) is 0 Å². The van der Waals surface area contributed by atoms with E-state index in [1.54, 1.807) is 18.2 Å². The van der Waals surface area contributed by atoms with Crippen LogP contribution in [0.3, 0.4) is 0 Å². The molecule has 0 spiro atoms. The highest BCUT2D eigenvalue weighted by Gasteiger charge is 2.35. The number of carbonyl (C=O) groups is 3. The zero-order valence-electron chi connectivity index (χ0n) is 19.2. The van der Waals surface area contributed by atoms with Gasteiger partial charge in [-0.25, -0.2) is 4.39 Å². The second-order valence-corrected chi connectivity index (χ2v) is 9.56. The average Bonchev–Trinajstić information content (AvgIpc) is 3.58. The van der Waals surface area contributed by atoms with Crippen LogP contribution in [0.15, 0.2) is 64.6 Å². The summed E-state index contributed by atoms with van der Waals surface area (Å²) in [6.45, 7) is -0.267. The molecule has 35 heavy (non-hydrogen) atoms. The molecule has 7 nitrogen and oxygen atoms in total. The molecule has 0 saturated heterocycles. The Kier molecular flexibility index (Phi) is 8.31. The zero-order valence-corrected chi connectivity index (χ0v) is 20.1. The summed E-state index contributed by atoms with van der Waals surface area (Å²) in [5.74, 6) is -1.98. The van der Waals surface area contributed by atoms with Gasteiger partial charge in [0.05, 0.1) is 19.4 Å². The number of nitrogens with zero attached hydrogens (tertiary/aromatic N) is 1. The Balaban J connectivity index is 1.62. The summed E-state index contributed by atoms with van der Waals surface area (Å²) >= 11 is 1.43. The van der Waals surface area contributed by atoms with Crippen molar-refractivity contribution in [3.8, 4) is 0 Å². The topological polar surface area (TPSA) is 91.7 Å². The molecule has 1 fully saturated rings.